The summed E-state index contributed by atoms with van der Waals surface area (Å²) < 4.78 is 28.0. The van der Waals surface area contributed by atoms with Gasteiger partial charge < -0.3 is 10.1 Å². The molecule has 0 radical (unpaired) electrons. The van der Waals surface area contributed by atoms with E-state index in [1.807, 2.05) is 0 Å². The van der Waals surface area contributed by atoms with E-state index in [9.17, 15) is 18.0 Å². The quantitative estimate of drug-likeness (QED) is 0.817. The fourth-order valence-electron chi connectivity index (χ4n) is 2.85. The van der Waals surface area contributed by atoms with Crippen LogP contribution in [0.3, 0.4) is 0 Å². The molecule has 1 saturated carbocycles. The minimum absolute atomic E-state index is 0.0393. The Hall–Kier alpha value is -1.89. The lowest BCUT2D eigenvalue weighted by Crippen LogP contribution is -2.42. The summed E-state index contributed by atoms with van der Waals surface area (Å²) >= 11 is 0. The van der Waals surface area contributed by atoms with Gasteiger partial charge in [0, 0.05) is 12.3 Å². The third kappa shape index (κ3) is 5.06. The maximum atomic E-state index is 12.0. The molecule has 0 bridgehead atoms. The van der Waals surface area contributed by atoms with Crippen LogP contribution in [0.4, 0.5) is 0 Å². The first kappa shape index (κ1) is 18.4. The van der Waals surface area contributed by atoms with Crippen molar-refractivity contribution in [2.45, 2.75) is 43.5 Å². The van der Waals surface area contributed by atoms with Gasteiger partial charge in [0.1, 0.15) is 0 Å². The molecule has 0 aliphatic heterocycles. The number of nitrogens with one attached hydrogen (secondary N) is 1. The van der Waals surface area contributed by atoms with Crippen LogP contribution < -0.4 is 5.32 Å². The average Bonchev–Trinajstić information content (AvgIpc) is 2.54. The summed E-state index contributed by atoms with van der Waals surface area (Å²) in [5, 5.41) is 2.90. The number of carbonyl (C=O) groups is 2. The van der Waals surface area contributed by atoms with Crippen molar-refractivity contribution in [1.29, 1.82) is 0 Å². The van der Waals surface area contributed by atoms with Crippen LogP contribution >= 0.6 is 0 Å². The lowest BCUT2D eigenvalue weighted by atomic mass is 9.86. The molecule has 132 valence electrons. The largest absolute Gasteiger partial charge is 0.452 e. The van der Waals surface area contributed by atoms with Gasteiger partial charge in [-0.2, -0.15) is 0 Å². The maximum Gasteiger partial charge on any atom is 0.338 e. The summed E-state index contributed by atoms with van der Waals surface area (Å²) in [6, 6.07) is 5.70. The fourth-order valence-corrected chi connectivity index (χ4v) is 3.51. The van der Waals surface area contributed by atoms with Crippen LogP contribution in [0.2, 0.25) is 0 Å². The van der Waals surface area contributed by atoms with Crippen molar-refractivity contribution in [1.82, 2.24) is 5.32 Å². The Kier molecular flexibility index (Phi) is 5.99. The van der Waals surface area contributed by atoms with Crippen LogP contribution in [0, 0.1) is 5.92 Å². The molecular weight excluding hydrogens is 330 g/mol. The van der Waals surface area contributed by atoms with Crippen LogP contribution in [0.25, 0.3) is 0 Å². The van der Waals surface area contributed by atoms with E-state index < -0.39 is 15.8 Å². The molecule has 1 N–H and O–H groups in total. The van der Waals surface area contributed by atoms with Gasteiger partial charge in [0.15, 0.2) is 16.4 Å². The highest BCUT2D eigenvalue weighted by Crippen LogP contribution is 2.23. The van der Waals surface area contributed by atoms with Crippen LogP contribution in [0.15, 0.2) is 29.2 Å². The number of carbonyl (C=O) groups excluding carboxylic acids is 2. The molecule has 1 fully saturated rings. The van der Waals surface area contributed by atoms with Crippen molar-refractivity contribution in [2.24, 2.45) is 5.92 Å². The van der Waals surface area contributed by atoms with Gasteiger partial charge in [0.25, 0.3) is 5.91 Å². The number of ether oxygens (including phenoxy) is 1. The second kappa shape index (κ2) is 7.79. The van der Waals surface area contributed by atoms with Crippen molar-refractivity contribution in [3.63, 3.8) is 0 Å². The molecule has 0 saturated heterocycles. The Morgan fingerprint density at radius 2 is 1.96 bits per heavy atom. The standard InChI is InChI=1S/C17H23NO5S/c1-12-6-3-4-9-15(12)18-16(19)11-23-17(20)13-7-5-8-14(10-13)24(2,21)22/h5,7-8,10,12,15H,3-4,6,9,11H2,1-2H3,(H,18,19)/t12-,15+/m0/s1. The molecule has 1 aliphatic rings. The van der Waals surface area contributed by atoms with E-state index in [4.69, 9.17) is 4.74 Å². The summed E-state index contributed by atoms with van der Waals surface area (Å²) in [6.07, 6.45) is 5.36. The monoisotopic (exact) mass is 353 g/mol. The van der Waals surface area contributed by atoms with Gasteiger partial charge in [-0.25, -0.2) is 13.2 Å². The Morgan fingerprint density at radius 1 is 1.25 bits per heavy atom. The lowest BCUT2D eigenvalue weighted by Gasteiger charge is -2.29. The Balaban J connectivity index is 1.90. The number of rotatable bonds is 5. The van der Waals surface area contributed by atoms with Crippen molar-refractivity contribution < 1.29 is 22.7 Å². The fraction of sp³-hybridized carbons (Fsp3) is 0.529. The smallest absolute Gasteiger partial charge is 0.338 e. The predicted octanol–water partition coefficient (Wildman–Crippen LogP) is 1.94. The van der Waals surface area contributed by atoms with E-state index in [0.717, 1.165) is 25.5 Å². The topological polar surface area (TPSA) is 89.5 Å². The number of hydrogen-bond acceptors (Lipinski definition) is 5. The van der Waals surface area contributed by atoms with Crippen molar-refractivity contribution in [3.8, 4) is 0 Å². The normalized spacial score (nSPS) is 21.1. The summed E-state index contributed by atoms with van der Waals surface area (Å²) in [5.41, 5.74) is 0.108. The summed E-state index contributed by atoms with van der Waals surface area (Å²) in [7, 11) is -3.40. The van der Waals surface area contributed by atoms with E-state index in [-0.39, 0.29) is 29.0 Å². The second-order valence-corrected chi connectivity index (χ2v) is 8.33. The number of esters is 1. The number of sulfone groups is 1. The zero-order chi connectivity index (χ0) is 17.7. The third-order valence-electron chi connectivity index (χ3n) is 4.29. The highest BCUT2D eigenvalue weighted by atomic mass is 32.2. The van der Waals surface area contributed by atoms with Crippen LogP contribution in [-0.2, 0) is 19.4 Å². The number of amides is 1. The molecule has 7 heteroatoms. The van der Waals surface area contributed by atoms with Gasteiger partial charge in [-0.05, 0) is 37.0 Å². The molecule has 0 aromatic heterocycles. The highest BCUT2D eigenvalue weighted by molar-refractivity contribution is 7.90. The van der Waals surface area contributed by atoms with Gasteiger partial charge in [-0.1, -0.05) is 25.8 Å². The summed E-state index contributed by atoms with van der Waals surface area (Å²) in [4.78, 5) is 24.0. The minimum Gasteiger partial charge on any atom is -0.452 e. The molecule has 6 nitrogen and oxygen atoms in total. The molecule has 1 aromatic rings. The summed E-state index contributed by atoms with van der Waals surface area (Å²) in [6.45, 7) is 1.73. The summed E-state index contributed by atoms with van der Waals surface area (Å²) in [5.74, 6) is -0.626. The van der Waals surface area contributed by atoms with Gasteiger partial charge in [-0.15, -0.1) is 0 Å². The van der Waals surface area contributed by atoms with E-state index in [1.165, 1.54) is 30.7 Å². The SMILES string of the molecule is C[C@H]1CCCC[C@H]1NC(=O)COC(=O)c1cccc(S(C)(=O)=O)c1. The number of benzene rings is 1. The zero-order valence-electron chi connectivity index (χ0n) is 13.9. The van der Waals surface area contributed by atoms with Gasteiger partial charge >= 0.3 is 5.97 Å². The molecule has 24 heavy (non-hydrogen) atoms. The molecule has 1 aromatic carbocycles. The van der Waals surface area contributed by atoms with E-state index >= 15 is 0 Å². The average molecular weight is 353 g/mol. The zero-order valence-corrected chi connectivity index (χ0v) is 14.8. The number of hydrogen-bond donors (Lipinski definition) is 1. The molecule has 2 atom stereocenters. The first-order chi connectivity index (χ1) is 11.3. The Bertz CT molecular complexity index is 713. The molecule has 1 aliphatic carbocycles. The second-order valence-electron chi connectivity index (χ2n) is 6.31. The first-order valence-corrected chi connectivity index (χ1v) is 9.93. The van der Waals surface area contributed by atoms with E-state index in [2.05, 4.69) is 12.2 Å². The van der Waals surface area contributed by atoms with Crippen molar-refractivity contribution in [3.05, 3.63) is 29.8 Å². The van der Waals surface area contributed by atoms with Crippen LogP contribution in [0.5, 0.6) is 0 Å². The first-order valence-electron chi connectivity index (χ1n) is 8.04. The lowest BCUT2D eigenvalue weighted by molar-refractivity contribution is -0.125. The van der Waals surface area contributed by atoms with Gasteiger partial charge in [0.05, 0.1) is 10.5 Å². The minimum atomic E-state index is -3.40. The van der Waals surface area contributed by atoms with Crippen molar-refractivity contribution >= 4 is 21.7 Å². The maximum absolute atomic E-state index is 12.0. The van der Waals surface area contributed by atoms with Gasteiger partial charge in [0.2, 0.25) is 0 Å². The molecule has 0 unspecified atom stereocenters. The van der Waals surface area contributed by atoms with E-state index in [1.54, 1.807) is 0 Å². The van der Waals surface area contributed by atoms with Crippen LogP contribution in [-0.4, -0.2) is 39.2 Å². The molecule has 2 rings (SSSR count). The molecule has 0 spiro atoms. The molecule has 1 amide bonds. The predicted molar refractivity (Wildman–Crippen MR) is 89.4 cm³/mol. The van der Waals surface area contributed by atoms with Gasteiger partial charge in [-0.3, -0.25) is 4.79 Å². The Morgan fingerprint density at radius 3 is 2.62 bits per heavy atom. The molecule has 0 heterocycles. The Labute approximate surface area is 142 Å². The van der Waals surface area contributed by atoms with Crippen molar-refractivity contribution in [2.75, 3.05) is 12.9 Å². The van der Waals surface area contributed by atoms with E-state index in [0.29, 0.717) is 5.92 Å². The highest BCUT2D eigenvalue weighted by Gasteiger charge is 2.23. The van der Waals surface area contributed by atoms with Crippen LogP contribution in [0.1, 0.15) is 43.0 Å². The molecular formula is C17H23NO5S. The third-order valence-corrected chi connectivity index (χ3v) is 5.40.